The van der Waals surface area contributed by atoms with Crippen molar-refractivity contribution >= 4 is 24.3 Å². The van der Waals surface area contributed by atoms with Gasteiger partial charge in [-0.3, -0.25) is 9.78 Å². The van der Waals surface area contributed by atoms with Crippen molar-refractivity contribution in [3.05, 3.63) is 71.7 Å². The second-order valence-corrected chi connectivity index (χ2v) is 8.30. The highest BCUT2D eigenvalue weighted by Gasteiger charge is 2.37. The van der Waals surface area contributed by atoms with E-state index in [1.807, 2.05) is 6.92 Å². The van der Waals surface area contributed by atoms with E-state index in [0.29, 0.717) is 23.1 Å². The van der Waals surface area contributed by atoms with E-state index in [1.165, 1.54) is 30.6 Å². The quantitative estimate of drug-likeness (QED) is 0.469. The molecule has 1 aliphatic rings. The molecule has 1 saturated heterocycles. The van der Waals surface area contributed by atoms with Crippen molar-refractivity contribution in [3.63, 3.8) is 0 Å². The van der Waals surface area contributed by atoms with Gasteiger partial charge in [-0.05, 0) is 30.7 Å². The molecule has 35 heavy (non-hydrogen) atoms. The van der Waals surface area contributed by atoms with Gasteiger partial charge < -0.3 is 20.3 Å². The van der Waals surface area contributed by atoms with Gasteiger partial charge in [0.2, 0.25) is 0 Å². The number of ether oxygens (including phenoxy) is 1. The molecule has 1 aliphatic heterocycles. The van der Waals surface area contributed by atoms with E-state index < -0.39 is 42.0 Å². The molecule has 10 heteroatoms. The van der Waals surface area contributed by atoms with Crippen LogP contribution in [0.4, 0.5) is 14.5 Å². The van der Waals surface area contributed by atoms with Crippen LogP contribution in [0, 0.1) is 11.6 Å². The smallest absolute Gasteiger partial charge is 0.274 e. The summed E-state index contributed by atoms with van der Waals surface area (Å²) >= 11 is 0. The van der Waals surface area contributed by atoms with Gasteiger partial charge in [-0.25, -0.2) is 13.8 Å². The normalized spacial score (nSPS) is 22.0. The standard InChI is InChI=1S/C25H25BF2N3O4/c1-3-20-24(33)19(32)11-21(35-20)13-9-10-29-12-18(13)31-25(34)17-8-7-16(28)23(30-17)22-14(26-2)5-4-6-15(22)27/h4-10,12,19-21,24,32-33H,3,11H2,1-2H3,(H,31,34). The number of hydrogen-bond acceptors (Lipinski definition) is 6. The zero-order valence-electron chi connectivity index (χ0n) is 19.3. The van der Waals surface area contributed by atoms with Crippen molar-refractivity contribution in [1.82, 2.24) is 9.97 Å². The van der Waals surface area contributed by atoms with E-state index in [4.69, 9.17) is 4.74 Å². The maximum atomic E-state index is 14.6. The second-order valence-electron chi connectivity index (χ2n) is 8.30. The van der Waals surface area contributed by atoms with E-state index in [-0.39, 0.29) is 23.4 Å². The molecule has 0 spiro atoms. The minimum Gasteiger partial charge on any atom is -0.390 e. The molecule has 1 fully saturated rings. The Hall–Kier alpha value is -3.21. The van der Waals surface area contributed by atoms with Crippen LogP contribution in [0.3, 0.4) is 0 Å². The van der Waals surface area contributed by atoms with Crippen LogP contribution in [-0.4, -0.2) is 51.7 Å². The highest BCUT2D eigenvalue weighted by Crippen LogP contribution is 2.36. The first-order chi connectivity index (χ1) is 16.8. The number of hydrogen-bond donors (Lipinski definition) is 3. The number of nitrogens with one attached hydrogen (secondary N) is 1. The zero-order valence-corrected chi connectivity index (χ0v) is 19.3. The molecule has 1 radical (unpaired) electrons. The number of carbonyl (C=O) groups excluding carboxylic acids is 1. The third-order valence-electron chi connectivity index (χ3n) is 6.09. The molecule has 0 bridgehead atoms. The first kappa shape index (κ1) is 24.9. The Kier molecular flexibility index (Phi) is 7.54. The molecule has 2 aromatic heterocycles. The average Bonchev–Trinajstić information content (AvgIpc) is 2.86. The molecule has 3 heterocycles. The zero-order chi connectivity index (χ0) is 25.1. The Morgan fingerprint density at radius 2 is 2.00 bits per heavy atom. The van der Waals surface area contributed by atoms with Gasteiger partial charge in [-0.2, -0.15) is 0 Å². The van der Waals surface area contributed by atoms with Crippen LogP contribution in [0.25, 0.3) is 11.3 Å². The van der Waals surface area contributed by atoms with E-state index >= 15 is 0 Å². The topological polar surface area (TPSA) is 105 Å². The average molecular weight is 480 g/mol. The Labute approximate surface area is 202 Å². The summed E-state index contributed by atoms with van der Waals surface area (Å²) in [7, 11) is 1.63. The summed E-state index contributed by atoms with van der Waals surface area (Å²) in [5.74, 6) is -2.06. The van der Waals surface area contributed by atoms with Crippen molar-refractivity contribution in [3.8, 4) is 11.3 Å². The van der Waals surface area contributed by atoms with Gasteiger partial charge >= 0.3 is 0 Å². The second kappa shape index (κ2) is 10.6. The monoisotopic (exact) mass is 480 g/mol. The molecular weight excluding hydrogens is 455 g/mol. The summed E-state index contributed by atoms with van der Waals surface area (Å²) < 4.78 is 35.2. The van der Waals surface area contributed by atoms with Gasteiger partial charge in [0, 0.05) is 23.7 Å². The Bertz CT molecular complexity index is 1230. The van der Waals surface area contributed by atoms with Gasteiger partial charge in [0.05, 0.1) is 30.2 Å². The van der Waals surface area contributed by atoms with Crippen molar-refractivity contribution in [2.45, 2.75) is 51.0 Å². The van der Waals surface area contributed by atoms with Crippen molar-refractivity contribution in [2.24, 2.45) is 0 Å². The first-order valence-electron chi connectivity index (χ1n) is 11.4. The third kappa shape index (κ3) is 5.09. The maximum Gasteiger partial charge on any atom is 0.274 e. The molecule has 181 valence electrons. The summed E-state index contributed by atoms with van der Waals surface area (Å²) in [6.07, 6.45) is 0.456. The molecule has 4 atom stereocenters. The number of benzene rings is 1. The van der Waals surface area contributed by atoms with E-state index in [1.54, 1.807) is 26.2 Å². The fourth-order valence-corrected chi connectivity index (χ4v) is 4.24. The fourth-order valence-electron chi connectivity index (χ4n) is 4.24. The molecule has 1 amide bonds. The van der Waals surface area contributed by atoms with Crippen molar-refractivity contribution in [2.75, 3.05) is 5.32 Å². The molecule has 4 unspecified atom stereocenters. The SMILES string of the molecule is C[B]c1cccc(F)c1-c1nc(C(=O)Nc2cnccc2C2CC(O)C(O)C(CC)O2)ccc1F. The molecule has 3 aromatic rings. The minimum absolute atomic E-state index is 0.0297. The maximum absolute atomic E-state index is 14.6. The molecule has 0 aliphatic carbocycles. The van der Waals surface area contributed by atoms with Crippen molar-refractivity contribution in [1.29, 1.82) is 0 Å². The predicted octanol–water partition coefficient (Wildman–Crippen LogP) is 3.01. The lowest BCUT2D eigenvalue weighted by Gasteiger charge is -2.37. The van der Waals surface area contributed by atoms with Crippen LogP contribution in [0.1, 0.15) is 41.9 Å². The Balaban J connectivity index is 1.64. The summed E-state index contributed by atoms with van der Waals surface area (Å²) in [5.41, 5.74) is 0.919. The molecule has 3 N–H and O–H groups in total. The fraction of sp³-hybridized carbons (Fsp3) is 0.320. The van der Waals surface area contributed by atoms with Crippen LogP contribution < -0.4 is 10.8 Å². The van der Waals surface area contributed by atoms with E-state index in [0.717, 1.165) is 6.07 Å². The highest BCUT2D eigenvalue weighted by molar-refractivity contribution is 6.54. The number of aromatic nitrogens is 2. The van der Waals surface area contributed by atoms with Crippen LogP contribution in [0.5, 0.6) is 0 Å². The number of anilines is 1. The summed E-state index contributed by atoms with van der Waals surface area (Å²) in [6, 6.07) is 8.29. The number of pyridine rings is 2. The lowest BCUT2D eigenvalue weighted by atomic mass is 9.70. The van der Waals surface area contributed by atoms with Gasteiger partial charge in [0.25, 0.3) is 5.91 Å². The summed E-state index contributed by atoms with van der Waals surface area (Å²) in [4.78, 5) is 21.2. The third-order valence-corrected chi connectivity index (χ3v) is 6.09. The molecule has 1 aromatic carbocycles. The number of rotatable bonds is 6. The van der Waals surface area contributed by atoms with E-state index in [9.17, 15) is 23.8 Å². The number of amides is 1. The van der Waals surface area contributed by atoms with Crippen LogP contribution in [-0.2, 0) is 4.74 Å². The number of carbonyl (C=O) groups is 1. The van der Waals surface area contributed by atoms with Gasteiger partial charge in [0.1, 0.15) is 36.4 Å². The van der Waals surface area contributed by atoms with Gasteiger partial charge in [-0.15, -0.1) is 0 Å². The minimum atomic E-state index is -0.999. The van der Waals surface area contributed by atoms with Crippen LogP contribution >= 0.6 is 0 Å². The lowest BCUT2D eigenvalue weighted by molar-refractivity contribution is -0.170. The molecular formula is C25H25BF2N3O4. The summed E-state index contributed by atoms with van der Waals surface area (Å²) in [5, 5.41) is 23.1. The number of nitrogens with zero attached hydrogens (tertiary/aromatic N) is 2. The number of aliphatic hydroxyl groups is 2. The van der Waals surface area contributed by atoms with Crippen LogP contribution in [0.15, 0.2) is 48.8 Å². The number of aliphatic hydroxyl groups excluding tert-OH is 2. The van der Waals surface area contributed by atoms with Crippen LogP contribution in [0.2, 0.25) is 6.82 Å². The summed E-state index contributed by atoms with van der Waals surface area (Å²) in [6.45, 7) is 3.54. The van der Waals surface area contributed by atoms with Gasteiger partial charge in [-0.1, -0.05) is 31.3 Å². The number of halogens is 2. The Morgan fingerprint density at radius 3 is 2.74 bits per heavy atom. The molecule has 0 saturated carbocycles. The van der Waals surface area contributed by atoms with Crippen molar-refractivity contribution < 1.29 is 28.5 Å². The predicted molar refractivity (Wildman–Crippen MR) is 128 cm³/mol. The first-order valence-corrected chi connectivity index (χ1v) is 11.4. The van der Waals surface area contributed by atoms with E-state index in [2.05, 4.69) is 15.3 Å². The van der Waals surface area contributed by atoms with Gasteiger partial charge in [0.15, 0.2) is 0 Å². The largest absolute Gasteiger partial charge is 0.390 e. The lowest BCUT2D eigenvalue weighted by Crippen LogP contribution is -2.45. The molecule has 4 rings (SSSR count). The molecule has 7 nitrogen and oxygen atoms in total. The highest BCUT2D eigenvalue weighted by atomic mass is 19.1. The Morgan fingerprint density at radius 1 is 1.20 bits per heavy atom.